The second kappa shape index (κ2) is 7.55. The van der Waals surface area contributed by atoms with Gasteiger partial charge in [-0.2, -0.15) is 0 Å². The van der Waals surface area contributed by atoms with Crippen molar-refractivity contribution in [3.05, 3.63) is 35.4 Å². The van der Waals surface area contributed by atoms with E-state index in [-0.39, 0.29) is 35.7 Å². The topological polar surface area (TPSA) is 46.3 Å². The highest BCUT2D eigenvalue weighted by Crippen LogP contribution is 2.16. The van der Waals surface area contributed by atoms with E-state index in [9.17, 15) is 13.6 Å². The summed E-state index contributed by atoms with van der Waals surface area (Å²) in [5, 5.41) is 0. The Morgan fingerprint density at radius 3 is 2.50 bits per heavy atom. The van der Waals surface area contributed by atoms with E-state index in [2.05, 4.69) is 0 Å². The number of benzene rings is 1. The smallest absolute Gasteiger partial charge is 0.226 e. The number of nitrogens with zero attached hydrogens (tertiary/aromatic N) is 1. The number of halogens is 3. The molecular weight excluding hydrogens is 286 g/mol. The number of carbonyl (C=O) groups excluding carboxylic acids is 1. The van der Waals surface area contributed by atoms with Gasteiger partial charge in [0.2, 0.25) is 5.91 Å². The normalized spacial score (nSPS) is 10.9. The molecule has 0 aliphatic carbocycles. The van der Waals surface area contributed by atoms with Gasteiger partial charge in [0.25, 0.3) is 0 Å². The molecule has 0 bridgehead atoms. The monoisotopic (exact) mass is 306 g/mol. The first-order chi connectivity index (χ1) is 8.76. The molecule has 0 aliphatic rings. The van der Waals surface area contributed by atoms with Crippen molar-refractivity contribution in [2.45, 2.75) is 20.3 Å². The summed E-state index contributed by atoms with van der Waals surface area (Å²) >= 11 is 0. The van der Waals surface area contributed by atoms with Crippen molar-refractivity contribution in [3.8, 4) is 0 Å². The summed E-state index contributed by atoms with van der Waals surface area (Å²) < 4.78 is 26.5. The van der Waals surface area contributed by atoms with Crippen molar-refractivity contribution in [2.24, 2.45) is 11.1 Å². The standard InChI is InChI=1S/C14H20F2N2O.ClH/c1-14(2,8-17)9-18(3)12(19)7-10-5-4-6-11(15)13(10)16;/h4-6H,7-9,17H2,1-3H3;1H. The van der Waals surface area contributed by atoms with Crippen molar-refractivity contribution in [1.29, 1.82) is 0 Å². The molecule has 0 saturated carbocycles. The van der Waals surface area contributed by atoms with Crippen LogP contribution in [-0.2, 0) is 11.2 Å². The highest BCUT2D eigenvalue weighted by Gasteiger charge is 2.22. The highest BCUT2D eigenvalue weighted by molar-refractivity contribution is 5.85. The average molecular weight is 307 g/mol. The maximum Gasteiger partial charge on any atom is 0.226 e. The molecule has 0 radical (unpaired) electrons. The van der Waals surface area contributed by atoms with E-state index in [1.54, 1.807) is 7.05 Å². The molecule has 1 amide bonds. The van der Waals surface area contributed by atoms with Crippen LogP contribution in [0, 0.1) is 17.0 Å². The minimum absolute atomic E-state index is 0. The fourth-order valence-corrected chi connectivity index (χ4v) is 1.78. The van der Waals surface area contributed by atoms with Gasteiger partial charge in [0.15, 0.2) is 11.6 Å². The summed E-state index contributed by atoms with van der Waals surface area (Å²) in [7, 11) is 1.64. The molecule has 1 rings (SSSR count). The molecule has 0 atom stereocenters. The van der Waals surface area contributed by atoms with Gasteiger partial charge in [0.05, 0.1) is 6.42 Å². The molecule has 0 heterocycles. The Bertz CT molecular complexity index is 466. The summed E-state index contributed by atoms with van der Waals surface area (Å²) in [5.74, 6) is -2.15. The molecule has 0 aliphatic heterocycles. The van der Waals surface area contributed by atoms with Crippen LogP contribution < -0.4 is 5.73 Å². The maximum absolute atomic E-state index is 13.5. The predicted octanol–water partition coefficient (Wildman–Crippen LogP) is 2.37. The molecule has 1 aromatic rings. The van der Waals surface area contributed by atoms with Crippen molar-refractivity contribution >= 4 is 18.3 Å². The minimum atomic E-state index is -0.956. The molecule has 0 aromatic heterocycles. The molecular formula is C14H21ClF2N2O. The van der Waals surface area contributed by atoms with E-state index >= 15 is 0 Å². The number of hydrogen-bond donors (Lipinski definition) is 1. The summed E-state index contributed by atoms with van der Waals surface area (Å²) in [4.78, 5) is 13.5. The van der Waals surface area contributed by atoms with E-state index in [0.29, 0.717) is 13.1 Å². The van der Waals surface area contributed by atoms with Crippen LogP contribution in [0.2, 0.25) is 0 Å². The Labute approximate surface area is 124 Å². The first-order valence-corrected chi connectivity index (χ1v) is 6.14. The third-order valence-electron chi connectivity index (χ3n) is 3.02. The van der Waals surface area contributed by atoms with Crippen molar-refractivity contribution < 1.29 is 13.6 Å². The predicted molar refractivity (Wildman–Crippen MR) is 77.8 cm³/mol. The van der Waals surface area contributed by atoms with Gasteiger partial charge in [0.1, 0.15) is 0 Å². The Hall–Kier alpha value is -1.20. The quantitative estimate of drug-likeness (QED) is 0.908. The minimum Gasteiger partial charge on any atom is -0.345 e. The lowest BCUT2D eigenvalue weighted by atomic mass is 9.93. The summed E-state index contributed by atoms with van der Waals surface area (Å²) in [6, 6.07) is 3.84. The van der Waals surface area contributed by atoms with Crippen LogP contribution in [0.4, 0.5) is 8.78 Å². The molecule has 0 spiro atoms. The van der Waals surface area contributed by atoms with Gasteiger partial charge >= 0.3 is 0 Å². The van der Waals surface area contributed by atoms with Crippen molar-refractivity contribution in [1.82, 2.24) is 4.90 Å². The van der Waals surface area contributed by atoms with Crippen molar-refractivity contribution in [2.75, 3.05) is 20.1 Å². The first-order valence-electron chi connectivity index (χ1n) is 6.14. The van der Waals surface area contributed by atoms with Crippen LogP contribution in [0.1, 0.15) is 19.4 Å². The van der Waals surface area contributed by atoms with Gasteiger partial charge in [-0.05, 0) is 18.0 Å². The van der Waals surface area contributed by atoms with E-state index in [1.807, 2.05) is 13.8 Å². The Kier molecular flexibility index (Phi) is 7.09. The lowest BCUT2D eigenvalue weighted by Gasteiger charge is -2.29. The molecule has 0 saturated heterocycles. The zero-order valence-corrected chi connectivity index (χ0v) is 12.8. The summed E-state index contributed by atoms with van der Waals surface area (Å²) in [6.45, 7) is 4.80. The zero-order chi connectivity index (χ0) is 14.6. The SMILES string of the molecule is CN(CC(C)(C)CN)C(=O)Cc1cccc(F)c1F.Cl. The van der Waals surface area contributed by atoms with Crippen LogP contribution in [0.15, 0.2) is 18.2 Å². The Balaban J connectivity index is 0.00000361. The fourth-order valence-electron chi connectivity index (χ4n) is 1.78. The second-order valence-electron chi connectivity index (χ2n) is 5.51. The molecule has 0 fully saturated rings. The van der Waals surface area contributed by atoms with E-state index in [0.717, 1.165) is 6.07 Å². The van der Waals surface area contributed by atoms with Crippen LogP contribution in [0.5, 0.6) is 0 Å². The number of carbonyl (C=O) groups is 1. The van der Waals surface area contributed by atoms with Gasteiger partial charge in [0, 0.05) is 19.2 Å². The number of nitrogens with two attached hydrogens (primary N) is 1. The van der Waals surface area contributed by atoms with Gasteiger partial charge in [-0.25, -0.2) is 8.78 Å². The van der Waals surface area contributed by atoms with Gasteiger partial charge in [-0.15, -0.1) is 12.4 Å². The molecule has 0 unspecified atom stereocenters. The van der Waals surface area contributed by atoms with Gasteiger partial charge in [-0.1, -0.05) is 26.0 Å². The molecule has 20 heavy (non-hydrogen) atoms. The molecule has 3 nitrogen and oxygen atoms in total. The third-order valence-corrected chi connectivity index (χ3v) is 3.02. The maximum atomic E-state index is 13.5. The Morgan fingerprint density at radius 1 is 1.35 bits per heavy atom. The third kappa shape index (κ3) is 5.06. The van der Waals surface area contributed by atoms with Crippen LogP contribution in [0.25, 0.3) is 0 Å². The largest absolute Gasteiger partial charge is 0.345 e. The number of likely N-dealkylation sites (N-methyl/N-ethyl adjacent to an activating group) is 1. The summed E-state index contributed by atoms with van der Waals surface area (Å²) in [5.41, 5.74) is 5.47. The highest BCUT2D eigenvalue weighted by atomic mass is 35.5. The first kappa shape index (κ1) is 18.8. The molecule has 2 N–H and O–H groups in total. The van der Waals surface area contributed by atoms with Gasteiger partial charge < -0.3 is 10.6 Å². The van der Waals surface area contributed by atoms with E-state index in [1.165, 1.54) is 17.0 Å². The van der Waals surface area contributed by atoms with E-state index in [4.69, 9.17) is 5.73 Å². The van der Waals surface area contributed by atoms with Crippen LogP contribution >= 0.6 is 12.4 Å². The fraction of sp³-hybridized carbons (Fsp3) is 0.500. The van der Waals surface area contributed by atoms with Gasteiger partial charge in [-0.3, -0.25) is 4.79 Å². The van der Waals surface area contributed by atoms with Crippen LogP contribution in [0.3, 0.4) is 0 Å². The number of hydrogen-bond acceptors (Lipinski definition) is 2. The summed E-state index contributed by atoms with van der Waals surface area (Å²) in [6.07, 6.45) is -0.152. The molecule has 114 valence electrons. The lowest BCUT2D eigenvalue weighted by Crippen LogP contribution is -2.40. The zero-order valence-electron chi connectivity index (χ0n) is 12.0. The molecule has 6 heteroatoms. The van der Waals surface area contributed by atoms with Crippen LogP contribution in [-0.4, -0.2) is 30.9 Å². The Morgan fingerprint density at radius 2 is 1.95 bits per heavy atom. The van der Waals surface area contributed by atoms with Crippen molar-refractivity contribution in [3.63, 3.8) is 0 Å². The average Bonchev–Trinajstić information content (AvgIpc) is 2.34. The second-order valence-corrected chi connectivity index (χ2v) is 5.51. The number of amides is 1. The number of rotatable bonds is 5. The molecule has 1 aromatic carbocycles. The van der Waals surface area contributed by atoms with E-state index < -0.39 is 11.6 Å². The lowest BCUT2D eigenvalue weighted by molar-refractivity contribution is -0.130.